The molecule has 0 saturated carbocycles. The van der Waals surface area contributed by atoms with Gasteiger partial charge in [0.15, 0.2) is 23.2 Å². The van der Waals surface area contributed by atoms with Gasteiger partial charge in [0.05, 0.1) is 19.0 Å². The van der Waals surface area contributed by atoms with E-state index in [0.29, 0.717) is 23.4 Å². The third-order valence-corrected chi connectivity index (χ3v) is 5.99. The van der Waals surface area contributed by atoms with E-state index in [4.69, 9.17) is 10.5 Å². The topological polar surface area (TPSA) is 152 Å². The van der Waals surface area contributed by atoms with E-state index < -0.39 is 24.5 Å². The van der Waals surface area contributed by atoms with Crippen LogP contribution in [0, 0.1) is 6.92 Å². The number of carbonyl (C=O) groups is 1. The van der Waals surface area contributed by atoms with Crippen LogP contribution in [0.3, 0.4) is 0 Å². The van der Waals surface area contributed by atoms with E-state index in [2.05, 4.69) is 20.3 Å². The number of amides is 1. The number of ether oxygens (including phenoxy) is 1. The number of hydrogen-bond acceptors (Lipinski definition) is 9. The fraction of sp³-hybridized carbons (Fsp3) is 0.478. The third kappa shape index (κ3) is 4.87. The van der Waals surface area contributed by atoms with Crippen molar-refractivity contribution >= 4 is 22.9 Å². The molecule has 0 radical (unpaired) electrons. The number of imidazole rings is 1. The van der Waals surface area contributed by atoms with Gasteiger partial charge in [0, 0.05) is 26.6 Å². The molecule has 0 bridgehead atoms. The minimum absolute atomic E-state index is 0.0767. The number of aromatic nitrogens is 4. The zero-order chi connectivity index (χ0) is 24.4. The Hall–Kier alpha value is -3.12. The summed E-state index contributed by atoms with van der Waals surface area (Å²) in [7, 11) is 3.69. The SMILES string of the molecule is Cc1ccc(C[C@H](N)CC(=O)N[C@@H]2[C@@H](CO)OC(n3cnc4c(N(C)C)ncnc43)[C@@H]2O)cc1. The highest BCUT2D eigenvalue weighted by Gasteiger charge is 2.45. The average Bonchev–Trinajstić information content (AvgIpc) is 3.36. The summed E-state index contributed by atoms with van der Waals surface area (Å²) in [5, 5.41) is 23.7. The Kier molecular flexibility index (Phi) is 7.08. The van der Waals surface area contributed by atoms with Crippen molar-refractivity contribution in [1.82, 2.24) is 24.8 Å². The minimum Gasteiger partial charge on any atom is -0.394 e. The number of carbonyl (C=O) groups excluding carboxylic acids is 1. The fourth-order valence-electron chi connectivity index (χ4n) is 4.24. The van der Waals surface area contributed by atoms with Crippen molar-refractivity contribution in [2.75, 3.05) is 25.6 Å². The number of aliphatic hydroxyl groups is 2. The van der Waals surface area contributed by atoms with E-state index in [1.54, 1.807) is 4.57 Å². The molecule has 2 aromatic heterocycles. The first kappa shape index (κ1) is 24.0. The molecule has 3 aromatic rings. The Balaban J connectivity index is 1.45. The number of nitrogens with zero attached hydrogens (tertiary/aromatic N) is 5. The molecule has 1 fully saturated rings. The predicted molar refractivity (Wildman–Crippen MR) is 126 cm³/mol. The Morgan fingerprint density at radius 2 is 2.00 bits per heavy atom. The molecule has 1 aliphatic heterocycles. The maximum atomic E-state index is 12.7. The molecule has 11 heteroatoms. The van der Waals surface area contributed by atoms with Crippen LogP contribution < -0.4 is 16.0 Å². The normalized spacial score (nSPS) is 23.2. The number of nitrogens with two attached hydrogens (primary N) is 1. The van der Waals surface area contributed by atoms with Gasteiger partial charge < -0.3 is 30.9 Å². The number of aliphatic hydroxyl groups excluding tert-OH is 2. The molecule has 182 valence electrons. The molecule has 11 nitrogen and oxygen atoms in total. The van der Waals surface area contributed by atoms with E-state index in [0.717, 1.165) is 11.1 Å². The number of nitrogens with one attached hydrogen (secondary N) is 1. The maximum absolute atomic E-state index is 12.7. The van der Waals surface area contributed by atoms with E-state index >= 15 is 0 Å². The number of anilines is 1. The molecule has 3 heterocycles. The molecule has 1 aromatic carbocycles. The van der Waals surface area contributed by atoms with Crippen LogP contribution in [0.1, 0.15) is 23.8 Å². The van der Waals surface area contributed by atoms with Gasteiger partial charge in [0.1, 0.15) is 18.5 Å². The van der Waals surface area contributed by atoms with Crippen LogP contribution in [0.5, 0.6) is 0 Å². The van der Waals surface area contributed by atoms with E-state index in [1.807, 2.05) is 50.2 Å². The third-order valence-electron chi connectivity index (χ3n) is 5.99. The van der Waals surface area contributed by atoms with Gasteiger partial charge >= 0.3 is 0 Å². The first-order valence-electron chi connectivity index (χ1n) is 11.2. The van der Waals surface area contributed by atoms with Crippen molar-refractivity contribution in [3.63, 3.8) is 0 Å². The molecular weight excluding hydrogens is 438 g/mol. The fourth-order valence-corrected chi connectivity index (χ4v) is 4.24. The standard InChI is InChI=1S/C23H31N7O4/c1-13-4-6-14(7-5-13)8-15(24)9-17(32)28-18-16(10-31)34-23(20(18)33)30-12-27-19-21(29(2)3)25-11-26-22(19)30/h4-7,11-12,15-16,18,20,23,31,33H,8-10,24H2,1-3H3,(H,28,32)/t15-,16+,18+,20+,23?/m0/s1. The molecule has 0 aliphatic carbocycles. The van der Waals surface area contributed by atoms with Gasteiger partial charge in [-0.3, -0.25) is 9.36 Å². The molecular formula is C23H31N7O4. The second-order valence-corrected chi connectivity index (χ2v) is 8.90. The number of hydrogen-bond donors (Lipinski definition) is 4. The smallest absolute Gasteiger partial charge is 0.221 e. The first-order chi connectivity index (χ1) is 16.3. The highest BCUT2D eigenvalue weighted by atomic mass is 16.5. The van der Waals surface area contributed by atoms with Crippen molar-refractivity contribution in [2.45, 2.75) is 50.3 Å². The summed E-state index contributed by atoms with van der Waals surface area (Å²) in [6, 6.07) is 6.80. The largest absolute Gasteiger partial charge is 0.394 e. The lowest BCUT2D eigenvalue weighted by atomic mass is 10.0. The first-order valence-corrected chi connectivity index (χ1v) is 11.2. The molecule has 4 rings (SSSR count). The van der Waals surface area contributed by atoms with Crippen LogP contribution in [-0.4, -0.2) is 80.6 Å². The Labute approximate surface area is 197 Å². The van der Waals surface area contributed by atoms with Gasteiger partial charge in [-0.05, 0) is 18.9 Å². The zero-order valence-electron chi connectivity index (χ0n) is 19.5. The highest BCUT2D eigenvalue weighted by molar-refractivity contribution is 5.83. The van der Waals surface area contributed by atoms with Gasteiger partial charge in [-0.2, -0.15) is 0 Å². The summed E-state index contributed by atoms with van der Waals surface area (Å²) in [5.74, 6) is 0.307. The molecule has 1 saturated heterocycles. The van der Waals surface area contributed by atoms with Gasteiger partial charge in [-0.25, -0.2) is 15.0 Å². The molecule has 5 atom stereocenters. The van der Waals surface area contributed by atoms with Crippen LogP contribution in [0.2, 0.25) is 0 Å². The summed E-state index contributed by atoms with van der Waals surface area (Å²) in [6.07, 6.45) is 0.727. The van der Waals surface area contributed by atoms with Crippen molar-refractivity contribution in [1.29, 1.82) is 0 Å². The highest BCUT2D eigenvalue weighted by Crippen LogP contribution is 2.32. The van der Waals surface area contributed by atoms with Crippen LogP contribution in [0.25, 0.3) is 11.2 Å². The van der Waals surface area contributed by atoms with Gasteiger partial charge in [-0.1, -0.05) is 29.8 Å². The minimum atomic E-state index is -1.13. The van der Waals surface area contributed by atoms with Crippen LogP contribution in [0.15, 0.2) is 36.9 Å². The van der Waals surface area contributed by atoms with Gasteiger partial charge in [0.25, 0.3) is 0 Å². The van der Waals surface area contributed by atoms with E-state index in [9.17, 15) is 15.0 Å². The number of fused-ring (bicyclic) bond motifs is 1. The molecule has 0 spiro atoms. The summed E-state index contributed by atoms with van der Waals surface area (Å²) in [4.78, 5) is 27.4. The van der Waals surface area contributed by atoms with Crippen LogP contribution in [0.4, 0.5) is 5.82 Å². The Morgan fingerprint density at radius 3 is 2.68 bits per heavy atom. The van der Waals surface area contributed by atoms with Crippen molar-refractivity contribution < 1.29 is 19.7 Å². The number of benzene rings is 1. The lowest BCUT2D eigenvalue weighted by molar-refractivity contribution is -0.123. The Bertz CT molecular complexity index is 1130. The Morgan fingerprint density at radius 1 is 1.26 bits per heavy atom. The summed E-state index contributed by atoms with van der Waals surface area (Å²) >= 11 is 0. The molecule has 1 unspecified atom stereocenters. The number of rotatable bonds is 8. The lowest BCUT2D eigenvalue weighted by Crippen LogP contribution is -2.49. The van der Waals surface area contributed by atoms with Crippen molar-refractivity contribution in [3.8, 4) is 0 Å². The molecule has 1 aliphatic rings. The summed E-state index contributed by atoms with van der Waals surface area (Å²) in [6.45, 7) is 1.64. The van der Waals surface area contributed by atoms with Gasteiger partial charge in [0.2, 0.25) is 5.91 Å². The second kappa shape index (κ2) is 10.0. The van der Waals surface area contributed by atoms with Crippen molar-refractivity contribution in [2.24, 2.45) is 5.73 Å². The molecule has 1 amide bonds. The second-order valence-electron chi connectivity index (χ2n) is 8.90. The van der Waals surface area contributed by atoms with Crippen LogP contribution >= 0.6 is 0 Å². The van der Waals surface area contributed by atoms with Gasteiger partial charge in [-0.15, -0.1) is 0 Å². The lowest BCUT2D eigenvalue weighted by Gasteiger charge is -2.22. The quantitative estimate of drug-likeness (QED) is 0.354. The zero-order valence-corrected chi connectivity index (χ0v) is 19.5. The monoisotopic (exact) mass is 469 g/mol. The number of aryl methyl sites for hydroxylation is 1. The summed E-state index contributed by atoms with van der Waals surface area (Å²) < 4.78 is 7.49. The molecule has 34 heavy (non-hydrogen) atoms. The van der Waals surface area contributed by atoms with Crippen molar-refractivity contribution in [3.05, 3.63) is 48.0 Å². The van der Waals surface area contributed by atoms with E-state index in [1.165, 1.54) is 12.7 Å². The molecule has 5 N–H and O–H groups in total. The maximum Gasteiger partial charge on any atom is 0.221 e. The average molecular weight is 470 g/mol. The predicted octanol–water partition coefficient (Wildman–Crippen LogP) is -0.104. The van der Waals surface area contributed by atoms with E-state index in [-0.39, 0.29) is 25.0 Å². The summed E-state index contributed by atoms with van der Waals surface area (Å²) in [5.41, 5.74) is 9.43. The van der Waals surface area contributed by atoms with Crippen LogP contribution in [-0.2, 0) is 16.0 Å².